The molecule has 0 aliphatic rings. The summed E-state index contributed by atoms with van der Waals surface area (Å²) < 4.78 is 4.83. The Morgan fingerprint density at radius 1 is 1.40 bits per heavy atom. The lowest BCUT2D eigenvalue weighted by atomic mass is 10.2. The van der Waals surface area contributed by atoms with Gasteiger partial charge in [0.05, 0.1) is 12.3 Å². The number of carbonyl (C=O) groups excluding carboxylic acids is 1. The molecule has 20 heavy (non-hydrogen) atoms. The summed E-state index contributed by atoms with van der Waals surface area (Å²) in [4.78, 5) is 21.4. The molecule has 102 valence electrons. The van der Waals surface area contributed by atoms with Crippen LogP contribution in [0.4, 0.5) is 11.6 Å². The number of nitrogens with two attached hydrogens (primary N) is 1. The predicted octanol–water partition coefficient (Wildman–Crippen LogP) is 1.53. The van der Waals surface area contributed by atoms with Gasteiger partial charge in [-0.15, -0.1) is 0 Å². The maximum atomic E-state index is 11.7. The van der Waals surface area contributed by atoms with E-state index in [1.54, 1.807) is 18.2 Å². The molecule has 3 N–H and O–H groups in total. The predicted molar refractivity (Wildman–Crippen MR) is 71.3 cm³/mol. The smallest absolute Gasteiger partial charge is 0.400 e. The van der Waals surface area contributed by atoms with Gasteiger partial charge in [0.15, 0.2) is 5.76 Å². The van der Waals surface area contributed by atoms with Gasteiger partial charge in [-0.3, -0.25) is 14.9 Å². The van der Waals surface area contributed by atoms with Crippen molar-refractivity contribution >= 4 is 23.7 Å². The third kappa shape index (κ3) is 3.19. The fraction of sp³-hybridized carbons (Fsp3) is 0. The second-order valence-electron chi connectivity index (χ2n) is 3.76. The van der Waals surface area contributed by atoms with Crippen molar-refractivity contribution in [1.82, 2.24) is 5.43 Å². The Kier molecular flexibility index (Phi) is 3.75. The molecule has 0 aliphatic heterocycles. The van der Waals surface area contributed by atoms with E-state index in [1.807, 2.05) is 0 Å². The monoisotopic (exact) mass is 274 g/mol. The van der Waals surface area contributed by atoms with Gasteiger partial charge in [-0.2, -0.15) is 5.10 Å². The van der Waals surface area contributed by atoms with E-state index in [9.17, 15) is 14.9 Å². The average Bonchev–Trinajstić information content (AvgIpc) is 2.87. The first-order valence-corrected chi connectivity index (χ1v) is 5.49. The molecule has 0 spiro atoms. The number of nitrogens with one attached hydrogen (secondary N) is 1. The molecule has 1 amide bonds. The van der Waals surface area contributed by atoms with Gasteiger partial charge in [0, 0.05) is 11.3 Å². The molecule has 0 saturated heterocycles. The Balaban J connectivity index is 1.99. The SMILES string of the molecule is Nc1cccc(C(=O)N/N=C\c2ccc([N+](=O)[O-])o2)c1. The van der Waals surface area contributed by atoms with Gasteiger partial charge in [0.1, 0.15) is 4.92 Å². The number of rotatable bonds is 4. The second kappa shape index (κ2) is 5.65. The molecule has 0 saturated carbocycles. The number of carbonyl (C=O) groups is 1. The van der Waals surface area contributed by atoms with Crippen LogP contribution in [0.2, 0.25) is 0 Å². The van der Waals surface area contributed by atoms with Gasteiger partial charge in [0.25, 0.3) is 5.91 Å². The standard InChI is InChI=1S/C12H10N4O4/c13-9-3-1-2-8(6-9)12(17)15-14-7-10-4-5-11(20-10)16(18)19/h1-7H,13H2,(H,15,17)/b14-7-. The summed E-state index contributed by atoms with van der Waals surface area (Å²) in [6.45, 7) is 0. The van der Waals surface area contributed by atoms with E-state index in [1.165, 1.54) is 18.2 Å². The topological polar surface area (TPSA) is 124 Å². The summed E-state index contributed by atoms with van der Waals surface area (Å²) in [5, 5.41) is 14.0. The number of amides is 1. The number of furan rings is 1. The Hall–Kier alpha value is -3.16. The van der Waals surface area contributed by atoms with Crippen molar-refractivity contribution in [2.75, 3.05) is 5.73 Å². The number of hydrogen-bond donors (Lipinski definition) is 2. The lowest BCUT2D eigenvalue weighted by Crippen LogP contribution is -2.17. The van der Waals surface area contributed by atoms with Crippen LogP contribution in [0.5, 0.6) is 0 Å². The molecule has 8 nitrogen and oxygen atoms in total. The second-order valence-corrected chi connectivity index (χ2v) is 3.76. The van der Waals surface area contributed by atoms with Crippen LogP contribution >= 0.6 is 0 Å². The highest BCUT2D eigenvalue weighted by Gasteiger charge is 2.10. The van der Waals surface area contributed by atoms with Crippen LogP contribution in [0, 0.1) is 10.1 Å². The van der Waals surface area contributed by atoms with Crippen LogP contribution in [0.3, 0.4) is 0 Å². The fourth-order valence-corrected chi connectivity index (χ4v) is 1.41. The molecule has 0 fully saturated rings. The Labute approximate surface area is 113 Å². The summed E-state index contributed by atoms with van der Waals surface area (Å²) in [5.74, 6) is -0.687. The van der Waals surface area contributed by atoms with Crippen LogP contribution in [-0.2, 0) is 0 Å². The molecule has 2 aromatic rings. The number of benzene rings is 1. The highest BCUT2D eigenvalue weighted by atomic mass is 16.6. The number of nitrogens with zero attached hydrogens (tertiary/aromatic N) is 2. The zero-order valence-corrected chi connectivity index (χ0v) is 10.1. The van der Waals surface area contributed by atoms with E-state index < -0.39 is 16.7 Å². The molecule has 8 heteroatoms. The zero-order valence-electron chi connectivity index (χ0n) is 10.1. The van der Waals surface area contributed by atoms with Crippen molar-refractivity contribution < 1.29 is 14.1 Å². The van der Waals surface area contributed by atoms with E-state index >= 15 is 0 Å². The van der Waals surface area contributed by atoms with Gasteiger partial charge in [-0.25, -0.2) is 5.43 Å². The van der Waals surface area contributed by atoms with Gasteiger partial charge in [-0.05, 0) is 24.3 Å². The lowest BCUT2D eigenvalue weighted by molar-refractivity contribution is -0.402. The molecule has 0 aliphatic carbocycles. The first-order valence-electron chi connectivity index (χ1n) is 5.49. The van der Waals surface area contributed by atoms with Crippen LogP contribution in [0.25, 0.3) is 0 Å². The first kappa shape index (κ1) is 13.3. The summed E-state index contributed by atoms with van der Waals surface area (Å²) in [7, 11) is 0. The zero-order chi connectivity index (χ0) is 14.5. The van der Waals surface area contributed by atoms with Crippen molar-refractivity contribution in [3.63, 3.8) is 0 Å². The minimum atomic E-state index is -0.664. The van der Waals surface area contributed by atoms with Crippen LogP contribution in [-0.4, -0.2) is 17.0 Å². The largest absolute Gasteiger partial charge is 0.433 e. The summed E-state index contributed by atoms with van der Waals surface area (Å²) in [6.07, 6.45) is 1.16. The van der Waals surface area contributed by atoms with Gasteiger partial charge < -0.3 is 10.2 Å². The summed E-state index contributed by atoms with van der Waals surface area (Å²) in [5.41, 5.74) is 8.62. The highest BCUT2D eigenvalue weighted by molar-refractivity contribution is 5.95. The van der Waals surface area contributed by atoms with Crippen molar-refractivity contribution in [2.24, 2.45) is 5.10 Å². The van der Waals surface area contributed by atoms with E-state index in [4.69, 9.17) is 10.2 Å². The molecule has 2 rings (SSSR count). The number of hydrazone groups is 1. The third-order valence-electron chi connectivity index (χ3n) is 2.30. The van der Waals surface area contributed by atoms with E-state index in [-0.39, 0.29) is 5.76 Å². The lowest BCUT2D eigenvalue weighted by Gasteiger charge is -2.00. The highest BCUT2D eigenvalue weighted by Crippen LogP contribution is 2.13. The van der Waals surface area contributed by atoms with Crippen molar-refractivity contribution in [2.45, 2.75) is 0 Å². The Morgan fingerprint density at radius 2 is 2.20 bits per heavy atom. The van der Waals surface area contributed by atoms with E-state index in [0.29, 0.717) is 11.3 Å². The minimum Gasteiger partial charge on any atom is -0.400 e. The molecule has 0 unspecified atom stereocenters. The van der Waals surface area contributed by atoms with Crippen molar-refractivity contribution in [1.29, 1.82) is 0 Å². The van der Waals surface area contributed by atoms with Gasteiger partial charge >= 0.3 is 5.88 Å². The number of hydrogen-bond acceptors (Lipinski definition) is 6. The number of nitrogen functional groups attached to an aromatic ring is 1. The van der Waals surface area contributed by atoms with Crippen molar-refractivity contribution in [3.8, 4) is 0 Å². The van der Waals surface area contributed by atoms with E-state index in [0.717, 1.165) is 6.21 Å². The molecule has 0 radical (unpaired) electrons. The Bertz CT molecular complexity index is 678. The maximum absolute atomic E-state index is 11.7. The molecule has 1 aromatic heterocycles. The van der Waals surface area contributed by atoms with Crippen LogP contribution in [0.1, 0.15) is 16.1 Å². The molecule has 0 atom stereocenters. The van der Waals surface area contributed by atoms with Gasteiger partial charge in [-0.1, -0.05) is 6.07 Å². The molecular weight excluding hydrogens is 264 g/mol. The molecular formula is C12H10N4O4. The third-order valence-corrected chi connectivity index (χ3v) is 2.30. The first-order chi connectivity index (χ1) is 9.56. The maximum Gasteiger partial charge on any atom is 0.433 e. The normalized spacial score (nSPS) is 10.6. The molecule has 0 bridgehead atoms. The number of anilines is 1. The molecule has 1 heterocycles. The van der Waals surface area contributed by atoms with Gasteiger partial charge in [0.2, 0.25) is 0 Å². The van der Waals surface area contributed by atoms with Crippen LogP contribution in [0.15, 0.2) is 45.9 Å². The fourth-order valence-electron chi connectivity index (χ4n) is 1.41. The van der Waals surface area contributed by atoms with Crippen molar-refractivity contribution in [3.05, 3.63) is 57.8 Å². The molecule has 1 aromatic carbocycles. The summed E-state index contributed by atoms with van der Waals surface area (Å²) in [6, 6.07) is 8.95. The average molecular weight is 274 g/mol. The minimum absolute atomic E-state index is 0.157. The number of nitro groups is 1. The van der Waals surface area contributed by atoms with Crippen LogP contribution < -0.4 is 11.2 Å². The quantitative estimate of drug-likeness (QED) is 0.378. The summed E-state index contributed by atoms with van der Waals surface area (Å²) >= 11 is 0. The Morgan fingerprint density at radius 3 is 2.85 bits per heavy atom. The van der Waals surface area contributed by atoms with E-state index in [2.05, 4.69) is 10.5 Å².